The Labute approximate surface area is 171 Å². The van der Waals surface area contributed by atoms with Gasteiger partial charge in [-0.3, -0.25) is 19.0 Å². The third-order valence-corrected chi connectivity index (χ3v) is 4.76. The molecule has 0 bridgehead atoms. The second-order valence-corrected chi connectivity index (χ2v) is 6.95. The molecule has 0 unspecified atom stereocenters. The Bertz CT molecular complexity index is 1250. The molecule has 2 aromatic carbocycles. The summed E-state index contributed by atoms with van der Waals surface area (Å²) in [5.41, 5.74) is 1.57. The molecule has 29 heavy (non-hydrogen) atoms. The molecule has 4 aromatic rings. The van der Waals surface area contributed by atoms with Gasteiger partial charge in [-0.25, -0.2) is 0 Å². The van der Waals surface area contributed by atoms with Crippen LogP contribution in [0.3, 0.4) is 0 Å². The van der Waals surface area contributed by atoms with E-state index in [1.807, 2.05) is 37.4 Å². The molecule has 1 N–H and O–H groups in total. The van der Waals surface area contributed by atoms with Gasteiger partial charge in [0.1, 0.15) is 0 Å². The smallest absolute Gasteiger partial charge is 0.280 e. The highest BCUT2D eigenvalue weighted by atomic mass is 35.5. The Morgan fingerprint density at radius 2 is 2.03 bits per heavy atom. The number of hydrogen-bond donors (Lipinski definition) is 1. The molecule has 0 saturated heterocycles. The van der Waals surface area contributed by atoms with Crippen LogP contribution in [-0.2, 0) is 13.1 Å². The lowest BCUT2D eigenvalue weighted by molar-refractivity contribution is 0.101. The predicted molar refractivity (Wildman–Crippen MR) is 112 cm³/mol. The number of hydrogen-bond acceptors (Lipinski definition) is 4. The van der Waals surface area contributed by atoms with Crippen molar-refractivity contribution in [3.63, 3.8) is 0 Å². The first-order valence-corrected chi connectivity index (χ1v) is 9.51. The standard InChI is InChI=1S/C21H18ClN5O2/c1-2-27-18-8-7-15(22)12-17(18)20(28)19(25-27)21(29)24-16-6-3-5-14(11-16)13-26-10-4-9-23-26/h3-12H,2,13H2,1H3,(H,24,29). The summed E-state index contributed by atoms with van der Waals surface area (Å²) in [6.07, 6.45) is 3.57. The number of benzene rings is 2. The van der Waals surface area contributed by atoms with Crippen molar-refractivity contribution >= 4 is 34.1 Å². The fourth-order valence-corrected chi connectivity index (χ4v) is 3.34. The molecule has 0 aliphatic heterocycles. The van der Waals surface area contributed by atoms with Crippen LogP contribution >= 0.6 is 11.6 Å². The van der Waals surface area contributed by atoms with Crippen molar-refractivity contribution < 1.29 is 4.79 Å². The van der Waals surface area contributed by atoms with Crippen LogP contribution in [0.2, 0.25) is 5.02 Å². The zero-order valence-electron chi connectivity index (χ0n) is 15.7. The highest BCUT2D eigenvalue weighted by Gasteiger charge is 2.18. The molecule has 2 heterocycles. The lowest BCUT2D eigenvalue weighted by atomic mass is 10.1. The van der Waals surface area contributed by atoms with Crippen LogP contribution < -0.4 is 10.7 Å². The van der Waals surface area contributed by atoms with Crippen molar-refractivity contribution in [3.05, 3.63) is 87.4 Å². The molecule has 1 amide bonds. The number of aromatic nitrogens is 4. The maximum atomic E-state index is 12.9. The molecule has 0 atom stereocenters. The first kappa shape index (κ1) is 18.9. The van der Waals surface area contributed by atoms with Gasteiger partial charge in [-0.1, -0.05) is 23.7 Å². The minimum Gasteiger partial charge on any atom is -0.320 e. The summed E-state index contributed by atoms with van der Waals surface area (Å²) in [4.78, 5) is 25.7. The third kappa shape index (κ3) is 3.90. The average molecular weight is 408 g/mol. The number of nitrogens with one attached hydrogen (secondary N) is 1. The number of carbonyl (C=O) groups is 1. The molecular weight excluding hydrogens is 390 g/mol. The van der Waals surface area contributed by atoms with Crippen LogP contribution in [0.4, 0.5) is 5.69 Å². The molecular formula is C21H18ClN5O2. The van der Waals surface area contributed by atoms with Gasteiger partial charge in [-0.05, 0) is 48.9 Å². The van der Waals surface area contributed by atoms with E-state index in [1.54, 1.807) is 39.8 Å². The molecule has 146 valence electrons. The Hall–Kier alpha value is -3.45. The Morgan fingerprint density at radius 3 is 2.79 bits per heavy atom. The van der Waals surface area contributed by atoms with Crippen LogP contribution in [0.5, 0.6) is 0 Å². The van der Waals surface area contributed by atoms with E-state index in [0.29, 0.717) is 34.7 Å². The van der Waals surface area contributed by atoms with Crippen molar-refractivity contribution in [2.45, 2.75) is 20.0 Å². The highest BCUT2D eigenvalue weighted by molar-refractivity contribution is 6.31. The van der Waals surface area contributed by atoms with E-state index in [0.717, 1.165) is 5.56 Å². The lowest BCUT2D eigenvalue weighted by Crippen LogP contribution is -2.27. The van der Waals surface area contributed by atoms with E-state index in [9.17, 15) is 9.59 Å². The molecule has 0 aliphatic carbocycles. The normalized spacial score (nSPS) is 11.0. The summed E-state index contributed by atoms with van der Waals surface area (Å²) in [6.45, 7) is 2.98. The summed E-state index contributed by atoms with van der Waals surface area (Å²) in [5.74, 6) is -0.560. The Kier molecular flexibility index (Phi) is 5.14. The van der Waals surface area contributed by atoms with Crippen molar-refractivity contribution in [2.75, 3.05) is 5.32 Å². The van der Waals surface area contributed by atoms with Gasteiger partial charge in [-0.15, -0.1) is 0 Å². The number of halogens is 1. The first-order chi connectivity index (χ1) is 14.0. The van der Waals surface area contributed by atoms with E-state index in [4.69, 9.17) is 11.6 Å². The molecule has 7 nitrogen and oxygen atoms in total. The molecule has 0 saturated carbocycles. The monoisotopic (exact) mass is 407 g/mol. The fraction of sp³-hybridized carbons (Fsp3) is 0.143. The van der Waals surface area contributed by atoms with Crippen molar-refractivity contribution in [3.8, 4) is 0 Å². The van der Waals surface area contributed by atoms with Crippen molar-refractivity contribution in [2.24, 2.45) is 0 Å². The van der Waals surface area contributed by atoms with Crippen molar-refractivity contribution in [1.29, 1.82) is 0 Å². The fourth-order valence-electron chi connectivity index (χ4n) is 3.17. The van der Waals surface area contributed by atoms with E-state index in [2.05, 4.69) is 15.5 Å². The summed E-state index contributed by atoms with van der Waals surface area (Å²) < 4.78 is 3.41. The zero-order chi connectivity index (χ0) is 20.4. The molecule has 4 rings (SSSR count). The van der Waals surface area contributed by atoms with Gasteiger partial charge in [0.15, 0.2) is 5.69 Å². The first-order valence-electron chi connectivity index (χ1n) is 9.13. The summed E-state index contributed by atoms with van der Waals surface area (Å²) in [5, 5.41) is 12.0. The average Bonchev–Trinajstić information content (AvgIpc) is 3.22. The molecule has 0 radical (unpaired) electrons. The summed E-state index contributed by atoms with van der Waals surface area (Å²) in [7, 11) is 0. The largest absolute Gasteiger partial charge is 0.320 e. The number of fused-ring (bicyclic) bond motifs is 1. The number of anilines is 1. The van der Waals surface area contributed by atoms with E-state index >= 15 is 0 Å². The second-order valence-electron chi connectivity index (χ2n) is 6.51. The van der Waals surface area contributed by atoms with Crippen LogP contribution in [0.15, 0.2) is 65.7 Å². The maximum absolute atomic E-state index is 12.9. The number of carbonyl (C=O) groups excluding carboxylic acids is 1. The van der Waals surface area contributed by atoms with Gasteiger partial charge in [-0.2, -0.15) is 10.2 Å². The number of nitrogens with zero attached hydrogens (tertiary/aromatic N) is 4. The number of aryl methyl sites for hydroxylation is 1. The second kappa shape index (κ2) is 7.89. The maximum Gasteiger partial charge on any atom is 0.280 e. The topological polar surface area (TPSA) is 81.8 Å². The SMILES string of the molecule is CCn1nc(C(=O)Nc2cccc(Cn3cccn3)c2)c(=O)c2cc(Cl)ccc21. The molecule has 8 heteroatoms. The van der Waals surface area contributed by atoms with Gasteiger partial charge in [0.05, 0.1) is 17.4 Å². The highest BCUT2D eigenvalue weighted by Crippen LogP contribution is 2.17. The van der Waals surface area contributed by atoms with Gasteiger partial charge in [0.2, 0.25) is 5.43 Å². The third-order valence-electron chi connectivity index (χ3n) is 4.52. The van der Waals surface area contributed by atoms with Gasteiger partial charge in [0.25, 0.3) is 5.91 Å². The Morgan fingerprint density at radius 1 is 1.17 bits per heavy atom. The minimum absolute atomic E-state index is 0.168. The van der Waals surface area contributed by atoms with Gasteiger partial charge >= 0.3 is 0 Å². The molecule has 0 aliphatic rings. The Balaban J connectivity index is 1.66. The van der Waals surface area contributed by atoms with Gasteiger partial charge in [0, 0.05) is 29.6 Å². The quantitative estimate of drug-likeness (QED) is 0.548. The van der Waals surface area contributed by atoms with Gasteiger partial charge < -0.3 is 5.32 Å². The van der Waals surface area contributed by atoms with E-state index < -0.39 is 11.3 Å². The van der Waals surface area contributed by atoms with E-state index in [-0.39, 0.29) is 5.69 Å². The van der Waals surface area contributed by atoms with Crippen molar-refractivity contribution in [1.82, 2.24) is 19.6 Å². The number of rotatable bonds is 5. The minimum atomic E-state index is -0.560. The predicted octanol–water partition coefficient (Wildman–Crippen LogP) is 3.57. The van der Waals surface area contributed by atoms with Crippen LogP contribution in [0.25, 0.3) is 10.9 Å². The number of amides is 1. The molecule has 0 fully saturated rings. The summed E-state index contributed by atoms with van der Waals surface area (Å²) >= 11 is 6.05. The molecule has 2 aromatic heterocycles. The van der Waals surface area contributed by atoms with Crippen LogP contribution in [-0.4, -0.2) is 25.5 Å². The zero-order valence-corrected chi connectivity index (χ0v) is 16.4. The molecule has 0 spiro atoms. The summed E-state index contributed by atoms with van der Waals surface area (Å²) in [6, 6.07) is 14.2. The van der Waals surface area contributed by atoms with Crippen LogP contribution in [0, 0.1) is 0 Å². The van der Waals surface area contributed by atoms with Crippen LogP contribution in [0.1, 0.15) is 23.0 Å². The lowest BCUT2D eigenvalue weighted by Gasteiger charge is -2.11. The van der Waals surface area contributed by atoms with E-state index in [1.165, 1.54) is 0 Å².